The normalized spacial score (nSPS) is 22.2. The lowest BCUT2D eigenvalue weighted by Crippen LogP contribution is -2.36. The van der Waals surface area contributed by atoms with Crippen LogP contribution in [0.5, 0.6) is 0 Å². The fraction of sp³-hybridized carbons (Fsp3) is 0.800. The molecule has 0 unspecified atom stereocenters. The molecule has 0 saturated carbocycles. The SMILES string of the molecule is C/C(=C\Cl)CN1CCC(CN)CC1. The Kier molecular flexibility index (Phi) is 4.78. The van der Waals surface area contributed by atoms with Gasteiger partial charge in [-0.3, -0.25) is 4.90 Å². The minimum Gasteiger partial charge on any atom is -0.330 e. The summed E-state index contributed by atoms with van der Waals surface area (Å²) in [5.74, 6) is 0.747. The van der Waals surface area contributed by atoms with Gasteiger partial charge >= 0.3 is 0 Å². The number of piperidine rings is 1. The highest BCUT2D eigenvalue weighted by atomic mass is 35.5. The maximum atomic E-state index is 5.63. The van der Waals surface area contributed by atoms with Crippen LogP contribution in [0.2, 0.25) is 0 Å². The van der Waals surface area contributed by atoms with E-state index in [2.05, 4.69) is 11.8 Å². The Labute approximate surface area is 85.7 Å². The van der Waals surface area contributed by atoms with Crippen LogP contribution in [-0.4, -0.2) is 31.1 Å². The summed E-state index contributed by atoms with van der Waals surface area (Å²) >= 11 is 5.62. The average molecular weight is 203 g/mol. The van der Waals surface area contributed by atoms with Crippen molar-refractivity contribution in [1.29, 1.82) is 0 Å². The van der Waals surface area contributed by atoms with Gasteiger partial charge in [0.2, 0.25) is 0 Å². The van der Waals surface area contributed by atoms with E-state index in [4.69, 9.17) is 17.3 Å². The zero-order valence-corrected chi connectivity index (χ0v) is 9.06. The molecule has 1 saturated heterocycles. The molecule has 2 N–H and O–H groups in total. The molecule has 13 heavy (non-hydrogen) atoms. The van der Waals surface area contributed by atoms with E-state index in [0.717, 1.165) is 19.0 Å². The lowest BCUT2D eigenvalue weighted by Gasteiger charge is -2.31. The summed E-state index contributed by atoms with van der Waals surface area (Å²) in [6, 6.07) is 0. The van der Waals surface area contributed by atoms with E-state index in [1.54, 1.807) is 5.54 Å². The summed E-state index contributed by atoms with van der Waals surface area (Å²) in [4.78, 5) is 2.44. The molecule has 1 rings (SSSR count). The quantitative estimate of drug-likeness (QED) is 0.757. The van der Waals surface area contributed by atoms with Crippen molar-refractivity contribution in [3.05, 3.63) is 11.1 Å². The average Bonchev–Trinajstić information content (AvgIpc) is 2.19. The Morgan fingerprint density at radius 3 is 2.62 bits per heavy atom. The second kappa shape index (κ2) is 5.63. The molecule has 1 fully saturated rings. The van der Waals surface area contributed by atoms with Crippen LogP contribution in [0.25, 0.3) is 0 Å². The van der Waals surface area contributed by atoms with Crippen LogP contribution < -0.4 is 5.73 Å². The summed E-state index contributed by atoms with van der Waals surface area (Å²) in [5.41, 5.74) is 8.54. The Morgan fingerprint density at radius 2 is 2.15 bits per heavy atom. The molecule has 0 spiro atoms. The first-order chi connectivity index (χ1) is 6.26. The van der Waals surface area contributed by atoms with Gasteiger partial charge in [-0.2, -0.15) is 0 Å². The first kappa shape index (κ1) is 11.0. The minimum absolute atomic E-state index is 0.747. The van der Waals surface area contributed by atoms with Crippen molar-refractivity contribution in [3.8, 4) is 0 Å². The third kappa shape index (κ3) is 3.67. The molecule has 0 amide bonds. The van der Waals surface area contributed by atoms with E-state index in [1.165, 1.54) is 31.5 Å². The van der Waals surface area contributed by atoms with E-state index in [1.807, 2.05) is 0 Å². The van der Waals surface area contributed by atoms with Gasteiger partial charge in [-0.05, 0) is 50.9 Å². The number of nitrogens with two attached hydrogens (primary N) is 1. The summed E-state index contributed by atoms with van der Waals surface area (Å²) in [7, 11) is 0. The van der Waals surface area contributed by atoms with Gasteiger partial charge in [-0.1, -0.05) is 11.6 Å². The van der Waals surface area contributed by atoms with E-state index >= 15 is 0 Å². The molecular formula is C10H19ClN2. The highest BCUT2D eigenvalue weighted by Gasteiger charge is 2.17. The largest absolute Gasteiger partial charge is 0.330 e. The van der Waals surface area contributed by atoms with Crippen molar-refractivity contribution in [2.45, 2.75) is 19.8 Å². The monoisotopic (exact) mass is 202 g/mol. The zero-order valence-electron chi connectivity index (χ0n) is 8.30. The molecule has 0 aromatic rings. The van der Waals surface area contributed by atoms with Crippen LogP contribution in [0.15, 0.2) is 11.1 Å². The molecule has 76 valence electrons. The van der Waals surface area contributed by atoms with Gasteiger partial charge in [0, 0.05) is 12.1 Å². The van der Waals surface area contributed by atoms with Crippen LogP contribution in [-0.2, 0) is 0 Å². The number of nitrogens with zero attached hydrogens (tertiary/aromatic N) is 1. The van der Waals surface area contributed by atoms with Crippen molar-refractivity contribution >= 4 is 11.6 Å². The van der Waals surface area contributed by atoms with Crippen molar-refractivity contribution in [1.82, 2.24) is 4.90 Å². The van der Waals surface area contributed by atoms with Crippen molar-refractivity contribution in [2.75, 3.05) is 26.2 Å². The Hall–Kier alpha value is -0.0500. The maximum Gasteiger partial charge on any atom is 0.0201 e. The molecule has 2 nitrogen and oxygen atoms in total. The van der Waals surface area contributed by atoms with Crippen LogP contribution in [0.1, 0.15) is 19.8 Å². The number of likely N-dealkylation sites (tertiary alicyclic amines) is 1. The molecule has 0 radical (unpaired) electrons. The summed E-state index contributed by atoms with van der Waals surface area (Å²) < 4.78 is 0. The summed E-state index contributed by atoms with van der Waals surface area (Å²) in [6.07, 6.45) is 2.48. The second-order valence-corrected chi connectivity index (χ2v) is 4.13. The van der Waals surface area contributed by atoms with Gasteiger partial charge in [-0.15, -0.1) is 0 Å². The number of halogens is 1. The van der Waals surface area contributed by atoms with Gasteiger partial charge in [0.1, 0.15) is 0 Å². The van der Waals surface area contributed by atoms with Crippen LogP contribution in [0.4, 0.5) is 0 Å². The van der Waals surface area contributed by atoms with Gasteiger partial charge < -0.3 is 5.73 Å². The first-order valence-corrected chi connectivity index (χ1v) is 5.38. The highest BCUT2D eigenvalue weighted by molar-refractivity contribution is 6.25. The predicted octanol–water partition coefficient (Wildman–Crippen LogP) is 1.80. The van der Waals surface area contributed by atoms with Crippen molar-refractivity contribution in [2.24, 2.45) is 11.7 Å². The molecule has 1 heterocycles. The molecule has 0 bridgehead atoms. The van der Waals surface area contributed by atoms with Gasteiger partial charge in [-0.25, -0.2) is 0 Å². The van der Waals surface area contributed by atoms with Crippen molar-refractivity contribution in [3.63, 3.8) is 0 Å². The molecule has 1 aliphatic rings. The second-order valence-electron chi connectivity index (χ2n) is 3.91. The third-order valence-electron chi connectivity index (χ3n) is 2.70. The smallest absolute Gasteiger partial charge is 0.0201 e. The third-order valence-corrected chi connectivity index (χ3v) is 3.07. The van der Waals surface area contributed by atoms with Gasteiger partial charge in [0.05, 0.1) is 0 Å². The van der Waals surface area contributed by atoms with Gasteiger partial charge in [0.25, 0.3) is 0 Å². The van der Waals surface area contributed by atoms with Crippen LogP contribution in [0, 0.1) is 5.92 Å². The van der Waals surface area contributed by atoms with Gasteiger partial charge in [0.15, 0.2) is 0 Å². The summed E-state index contributed by atoms with van der Waals surface area (Å²) in [6.45, 7) is 6.27. The Morgan fingerprint density at radius 1 is 1.54 bits per heavy atom. The van der Waals surface area contributed by atoms with Crippen molar-refractivity contribution < 1.29 is 0 Å². The molecule has 0 aliphatic carbocycles. The van der Waals surface area contributed by atoms with E-state index in [0.29, 0.717) is 0 Å². The minimum atomic E-state index is 0.747. The Balaban J connectivity index is 2.25. The number of rotatable bonds is 3. The maximum absolute atomic E-state index is 5.63. The molecule has 0 atom stereocenters. The summed E-state index contributed by atoms with van der Waals surface area (Å²) in [5, 5.41) is 0. The molecular weight excluding hydrogens is 184 g/mol. The predicted molar refractivity (Wildman–Crippen MR) is 57.8 cm³/mol. The number of hydrogen-bond acceptors (Lipinski definition) is 2. The Bertz CT molecular complexity index is 172. The fourth-order valence-corrected chi connectivity index (χ4v) is 1.84. The molecule has 3 heteroatoms. The van der Waals surface area contributed by atoms with E-state index in [9.17, 15) is 0 Å². The van der Waals surface area contributed by atoms with Crippen LogP contribution >= 0.6 is 11.6 Å². The molecule has 0 aromatic heterocycles. The number of hydrogen-bond donors (Lipinski definition) is 1. The van der Waals surface area contributed by atoms with E-state index < -0.39 is 0 Å². The van der Waals surface area contributed by atoms with Crippen LogP contribution in [0.3, 0.4) is 0 Å². The molecule has 0 aromatic carbocycles. The first-order valence-electron chi connectivity index (χ1n) is 4.94. The molecule has 1 aliphatic heterocycles. The highest BCUT2D eigenvalue weighted by Crippen LogP contribution is 2.16. The lowest BCUT2D eigenvalue weighted by molar-refractivity contribution is 0.201. The zero-order chi connectivity index (χ0) is 9.68. The topological polar surface area (TPSA) is 29.3 Å². The standard InChI is InChI=1S/C10H19ClN2/c1-9(6-11)8-13-4-2-10(7-12)3-5-13/h6,10H,2-5,7-8,12H2,1H3/b9-6+. The lowest BCUT2D eigenvalue weighted by atomic mass is 9.97. The van der Waals surface area contributed by atoms with E-state index in [-0.39, 0.29) is 0 Å². The fourth-order valence-electron chi connectivity index (χ4n) is 1.77.